The van der Waals surface area contributed by atoms with E-state index in [9.17, 15) is 19.0 Å². The fourth-order valence-electron chi connectivity index (χ4n) is 5.43. The topological polar surface area (TPSA) is 147 Å². The smallest absolute Gasteiger partial charge is 0.462 e. The van der Waals surface area contributed by atoms with E-state index < -0.39 is 32.5 Å². The van der Waals surface area contributed by atoms with Gasteiger partial charge < -0.3 is 24.8 Å². The van der Waals surface area contributed by atoms with E-state index in [2.05, 4.69) is 44.2 Å². The number of hydrogen-bond donors (Lipinski definition) is 2. The molecule has 0 aliphatic carbocycles. The molecule has 0 spiro atoms. The number of phosphoric acid groups is 1. The molecule has 0 radical (unpaired) electrons. The van der Waals surface area contributed by atoms with Crippen LogP contribution in [0.1, 0.15) is 155 Å². The molecule has 1 rings (SSSR count). The molecule has 0 aromatic carbocycles. The molecule has 1 fully saturated rings. The van der Waals surface area contributed by atoms with Crippen LogP contribution in [0.25, 0.3) is 0 Å². The quantitative estimate of drug-likeness (QED) is 0.0213. The van der Waals surface area contributed by atoms with Crippen molar-refractivity contribution in [2.75, 3.05) is 26.4 Å². The summed E-state index contributed by atoms with van der Waals surface area (Å²) >= 11 is 0. The van der Waals surface area contributed by atoms with Crippen LogP contribution >= 0.6 is 7.82 Å². The first-order valence-electron chi connectivity index (χ1n) is 19.6. The van der Waals surface area contributed by atoms with Crippen LogP contribution in [-0.4, -0.2) is 61.5 Å². The molecule has 0 amide bonds. The maximum Gasteiger partial charge on any atom is 0.472 e. The summed E-state index contributed by atoms with van der Waals surface area (Å²) in [5.41, 5.74) is 5.33. The number of carbonyl (C=O) groups excluding carboxylic acids is 2. The highest BCUT2D eigenvalue weighted by Crippen LogP contribution is 2.43. The molecule has 3 unspecified atom stereocenters. The lowest BCUT2D eigenvalue weighted by atomic mass is 10.1. The van der Waals surface area contributed by atoms with Gasteiger partial charge in [0, 0.05) is 19.4 Å². The third kappa shape index (κ3) is 28.8. The lowest BCUT2D eigenvalue weighted by Gasteiger charge is -2.19. The summed E-state index contributed by atoms with van der Waals surface area (Å²) < 4.78 is 38.3. The van der Waals surface area contributed by atoms with Crippen molar-refractivity contribution in [2.24, 2.45) is 5.73 Å². The maximum atomic E-state index is 12.5. The number of epoxide rings is 1. The van der Waals surface area contributed by atoms with Crippen molar-refractivity contribution in [1.29, 1.82) is 0 Å². The summed E-state index contributed by atoms with van der Waals surface area (Å²) in [6, 6.07) is 0. The molecule has 11 heteroatoms. The van der Waals surface area contributed by atoms with Gasteiger partial charge in [-0.3, -0.25) is 18.6 Å². The number of esters is 2. The molecule has 3 N–H and O–H groups in total. The first-order valence-corrected chi connectivity index (χ1v) is 21.1. The van der Waals surface area contributed by atoms with Crippen LogP contribution < -0.4 is 5.73 Å². The van der Waals surface area contributed by atoms with Crippen molar-refractivity contribution in [3.05, 3.63) is 36.5 Å². The van der Waals surface area contributed by atoms with E-state index in [0.29, 0.717) is 25.0 Å². The predicted octanol–water partition coefficient (Wildman–Crippen LogP) is 9.59. The zero-order chi connectivity index (χ0) is 36.5. The Labute approximate surface area is 303 Å². The Morgan fingerprint density at radius 3 is 1.96 bits per heavy atom. The van der Waals surface area contributed by atoms with Crippen LogP contribution in [-0.2, 0) is 37.4 Å². The maximum absolute atomic E-state index is 12.5. The molecular weight excluding hydrogens is 657 g/mol. The van der Waals surface area contributed by atoms with Crippen molar-refractivity contribution >= 4 is 19.8 Å². The summed E-state index contributed by atoms with van der Waals surface area (Å²) in [4.78, 5) is 34.7. The number of rotatable bonds is 35. The Balaban J connectivity index is 2.25. The molecular formula is C39H70NO9P. The van der Waals surface area contributed by atoms with Crippen LogP contribution in [0, 0.1) is 0 Å². The highest BCUT2D eigenvalue weighted by atomic mass is 31.2. The Kier molecular flexibility index (Phi) is 29.5. The number of unbranched alkanes of at least 4 members (excludes halogenated alkanes) is 13. The molecule has 1 aliphatic heterocycles. The minimum Gasteiger partial charge on any atom is -0.462 e. The molecule has 1 heterocycles. The fraction of sp³-hybridized carbons (Fsp3) is 0.795. The van der Waals surface area contributed by atoms with E-state index in [1.54, 1.807) is 0 Å². The van der Waals surface area contributed by atoms with Crippen molar-refractivity contribution < 1.29 is 42.3 Å². The van der Waals surface area contributed by atoms with Gasteiger partial charge in [-0.2, -0.15) is 0 Å². The zero-order valence-corrected chi connectivity index (χ0v) is 32.2. The number of nitrogens with two attached hydrogens (primary N) is 1. The number of ether oxygens (including phenoxy) is 3. The van der Waals surface area contributed by atoms with Gasteiger partial charge in [0.15, 0.2) is 6.10 Å². The molecule has 10 nitrogen and oxygen atoms in total. The minimum absolute atomic E-state index is 0.0429. The number of allylic oxidation sites excluding steroid dienone is 5. The number of phosphoric ester groups is 1. The Morgan fingerprint density at radius 2 is 1.30 bits per heavy atom. The van der Waals surface area contributed by atoms with Crippen molar-refractivity contribution in [2.45, 2.75) is 173 Å². The fourth-order valence-corrected chi connectivity index (χ4v) is 6.19. The zero-order valence-electron chi connectivity index (χ0n) is 31.3. The van der Waals surface area contributed by atoms with E-state index in [-0.39, 0.29) is 32.6 Å². The largest absolute Gasteiger partial charge is 0.472 e. The van der Waals surface area contributed by atoms with Crippen LogP contribution in [0.5, 0.6) is 0 Å². The predicted molar refractivity (Wildman–Crippen MR) is 201 cm³/mol. The highest BCUT2D eigenvalue weighted by Gasteiger charge is 2.36. The molecule has 290 valence electrons. The summed E-state index contributed by atoms with van der Waals surface area (Å²) in [5.74, 6) is -0.900. The molecule has 1 saturated heterocycles. The average Bonchev–Trinajstić information content (AvgIpc) is 3.85. The summed E-state index contributed by atoms with van der Waals surface area (Å²) in [5, 5.41) is 0. The van der Waals surface area contributed by atoms with Gasteiger partial charge in [-0.1, -0.05) is 134 Å². The summed E-state index contributed by atoms with van der Waals surface area (Å²) in [7, 11) is -4.39. The molecule has 0 aromatic rings. The van der Waals surface area contributed by atoms with Crippen LogP contribution in [0.2, 0.25) is 0 Å². The normalized spacial score (nSPS) is 17.8. The Bertz CT molecular complexity index is 987. The third-order valence-electron chi connectivity index (χ3n) is 8.45. The molecule has 0 aromatic heterocycles. The standard InChI is InChI=1S/C39H70NO9P/c1-3-5-7-8-9-10-11-15-18-21-25-29-38(41)45-33-35(34-47-50(43,44)46-32-31-40)48-39(42)30-26-22-19-16-13-12-14-17-20-24-28-37-36(49-37)27-23-6-4-2/h12,14,16,19-20,24,35-37H,3-11,13,15,17-18,21-23,25-34,40H2,1-2H3,(H,43,44)/b14-12-,19-16-,24-20-/t35-,36?,37?/m1/s1. The second-order valence-corrected chi connectivity index (χ2v) is 14.6. The van der Waals surface area contributed by atoms with Crippen molar-refractivity contribution in [1.82, 2.24) is 0 Å². The Morgan fingerprint density at radius 1 is 0.720 bits per heavy atom. The van der Waals surface area contributed by atoms with Crippen LogP contribution in [0.3, 0.4) is 0 Å². The van der Waals surface area contributed by atoms with E-state index >= 15 is 0 Å². The molecule has 4 atom stereocenters. The van der Waals surface area contributed by atoms with Gasteiger partial charge >= 0.3 is 19.8 Å². The van der Waals surface area contributed by atoms with E-state index in [1.807, 2.05) is 6.08 Å². The van der Waals surface area contributed by atoms with E-state index in [4.69, 9.17) is 29.0 Å². The average molecular weight is 728 g/mol. The third-order valence-corrected chi connectivity index (χ3v) is 9.44. The van der Waals surface area contributed by atoms with E-state index in [1.165, 1.54) is 77.0 Å². The summed E-state index contributed by atoms with van der Waals surface area (Å²) in [6.45, 7) is 3.61. The summed E-state index contributed by atoms with van der Waals surface area (Å²) in [6.07, 6.45) is 35.0. The first kappa shape index (κ1) is 46.2. The van der Waals surface area contributed by atoms with Crippen molar-refractivity contribution in [3.63, 3.8) is 0 Å². The highest BCUT2D eigenvalue weighted by molar-refractivity contribution is 7.47. The number of hydrogen-bond acceptors (Lipinski definition) is 9. The molecule has 0 saturated carbocycles. The molecule has 1 aliphatic rings. The van der Waals surface area contributed by atoms with Gasteiger partial charge in [-0.05, 0) is 44.9 Å². The van der Waals surface area contributed by atoms with Gasteiger partial charge in [0.1, 0.15) is 6.61 Å². The van der Waals surface area contributed by atoms with Gasteiger partial charge in [0.25, 0.3) is 0 Å². The second-order valence-electron chi connectivity index (χ2n) is 13.2. The van der Waals surface area contributed by atoms with Gasteiger partial charge in [-0.15, -0.1) is 0 Å². The number of carbonyl (C=O) groups is 2. The van der Waals surface area contributed by atoms with Crippen molar-refractivity contribution in [3.8, 4) is 0 Å². The molecule has 50 heavy (non-hydrogen) atoms. The van der Waals surface area contributed by atoms with Crippen LogP contribution in [0.4, 0.5) is 0 Å². The second kappa shape index (κ2) is 31.9. The van der Waals surface area contributed by atoms with Gasteiger partial charge in [0.2, 0.25) is 0 Å². The lowest BCUT2D eigenvalue weighted by molar-refractivity contribution is -0.161. The van der Waals surface area contributed by atoms with Gasteiger partial charge in [0.05, 0.1) is 25.4 Å². The lowest BCUT2D eigenvalue weighted by Crippen LogP contribution is -2.29. The van der Waals surface area contributed by atoms with Crippen LogP contribution in [0.15, 0.2) is 36.5 Å². The first-order chi connectivity index (χ1) is 24.3. The Hall–Kier alpha value is -1.81. The van der Waals surface area contributed by atoms with E-state index in [0.717, 1.165) is 38.5 Å². The van der Waals surface area contributed by atoms with Gasteiger partial charge in [-0.25, -0.2) is 4.57 Å². The minimum atomic E-state index is -4.39. The molecule has 0 bridgehead atoms. The SMILES string of the molecule is CCCCCCCCCCCCCC(=O)OC[C@H](COP(=O)(O)OCCN)OC(=O)CCC/C=C\C/C=C\C/C=C\CC1OC1CCCCC. The monoisotopic (exact) mass is 727 g/mol.